The SMILES string of the molecule is CCOC(=O)[C@@]12c3cc4ccccc4cc3S(=O)(=O)N1[C@H]2C(=O)c1ccccc1. The fraction of sp³-hybridized carbons (Fsp3) is 0.182. The van der Waals surface area contributed by atoms with Gasteiger partial charge in [-0.05, 0) is 29.8 Å². The van der Waals surface area contributed by atoms with Gasteiger partial charge in [0, 0.05) is 11.1 Å². The van der Waals surface area contributed by atoms with Crippen molar-refractivity contribution >= 4 is 32.5 Å². The highest BCUT2D eigenvalue weighted by Crippen LogP contribution is 2.62. The van der Waals surface area contributed by atoms with E-state index in [0.29, 0.717) is 11.1 Å². The van der Waals surface area contributed by atoms with Crippen molar-refractivity contribution in [1.29, 1.82) is 0 Å². The molecule has 0 amide bonds. The second-order valence-electron chi connectivity index (χ2n) is 7.12. The Balaban J connectivity index is 1.75. The fourth-order valence-corrected chi connectivity index (χ4v) is 6.42. The first-order chi connectivity index (χ1) is 13.9. The highest BCUT2D eigenvalue weighted by molar-refractivity contribution is 7.90. The van der Waals surface area contributed by atoms with Crippen LogP contribution in [0.4, 0.5) is 0 Å². The summed E-state index contributed by atoms with van der Waals surface area (Å²) >= 11 is 0. The van der Waals surface area contributed by atoms with Gasteiger partial charge < -0.3 is 4.74 Å². The number of rotatable bonds is 4. The zero-order valence-electron chi connectivity index (χ0n) is 15.5. The molecule has 29 heavy (non-hydrogen) atoms. The summed E-state index contributed by atoms with van der Waals surface area (Å²) in [7, 11) is -4.01. The summed E-state index contributed by atoms with van der Waals surface area (Å²) in [4.78, 5) is 26.3. The molecule has 0 bridgehead atoms. The molecule has 3 atom stereocenters. The molecule has 3 aromatic rings. The monoisotopic (exact) mass is 407 g/mol. The maximum Gasteiger partial charge on any atom is 0.334 e. The van der Waals surface area contributed by atoms with Gasteiger partial charge in [0.2, 0.25) is 10.0 Å². The van der Waals surface area contributed by atoms with E-state index in [0.717, 1.165) is 15.1 Å². The number of hydrogen-bond acceptors (Lipinski definition) is 5. The molecule has 0 N–H and O–H groups in total. The number of Topliss-reactive ketones (excluding diaryl/α,β-unsaturated/α-hetero) is 1. The molecular weight excluding hydrogens is 390 g/mol. The summed E-state index contributed by atoms with van der Waals surface area (Å²) in [5.74, 6) is -1.13. The second kappa shape index (κ2) is 5.98. The molecule has 1 saturated heterocycles. The molecule has 3 aromatic carbocycles. The first-order valence-electron chi connectivity index (χ1n) is 9.28. The summed E-state index contributed by atoms with van der Waals surface area (Å²) in [6, 6.07) is 17.8. The number of ketones is 1. The summed E-state index contributed by atoms with van der Waals surface area (Å²) in [5.41, 5.74) is -0.974. The van der Waals surface area contributed by atoms with E-state index in [4.69, 9.17) is 4.74 Å². The van der Waals surface area contributed by atoms with Crippen LogP contribution >= 0.6 is 0 Å². The largest absolute Gasteiger partial charge is 0.464 e. The number of hydrogen-bond donors (Lipinski definition) is 0. The van der Waals surface area contributed by atoms with Crippen LogP contribution in [-0.2, 0) is 25.1 Å². The molecule has 0 saturated carbocycles. The number of carbonyl (C=O) groups excluding carboxylic acids is 2. The van der Waals surface area contributed by atoms with E-state index in [1.165, 1.54) is 0 Å². The zero-order chi connectivity index (χ0) is 20.4. The number of fused-ring (bicyclic) bond motifs is 4. The zero-order valence-corrected chi connectivity index (χ0v) is 16.3. The van der Waals surface area contributed by atoms with Crippen LogP contribution in [0.25, 0.3) is 10.8 Å². The highest BCUT2D eigenvalue weighted by atomic mass is 32.2. The van der Waals surface area contributed by atoms with Crippen molar-refractivity contribution < 1.29 is 22.7 Å². The van der Waals surface area contributed by atoms with Crippen molar-refractivity contribution in [2.75, 3.05) is 6.61 Å². The van der Waals surface area contributed by atoms with Gasteiger partial charge in [0.25, 0.3) is 0 Å². The van der Waals surface area contributed by atoms with E-state index in [1.54, 1.807) is 49.4 Å². The first kappa shape index (κ1) is 18.0. The van der Waals surface area contributed by atoms with Gasteiger partial charge in [-0.1, -0.05) is 54.6 Å². The third-order valence-corrected chi connectivity index (χ3v) is 7.51. The highest BCUT2D eigenvalue weighted by Gasteiger charge is 2.82. The van der Waals surface area contributed by atoms with Gasteiger partial charge in [-0.3, -0.25) is 4.79 Å². The van der Waals surface area contributed by atoms with Crippen LogP contribution < -0.4 is 0 Å². The molecular formula is C22H17NO5S. The van der Waals surface area contributed by atoms with E-state index in [9.17, 15) is 18.0 Å². The van der Waals surface area contributed by atoms with Gasteiger partial charge in [-0.2, -0.15) is 4.31 Å². The molecule has 2 aliphatic rings. The minimum Gasteiger partial charge on any atom is -0.464 e. The molecule has 7 heteroatoms. The lowest BCUT2D eigenvalue weighted by molar-refractivity contribution is -0.147. The molecule has 6 nitrogen and oxygen atoms in total. The molecule has 5 rings (SSSR count). The Kier molecular flexibility index (Phi) is 3.72. The van der Waals surface area contributed by atoms with Gasteiger partial charge in [0.15, 0.2) is 11.3 Å². The summed E-state index contributed by atoms with van der Waals surface area (Å²) < 4.78 is 32.9. The first-order valence-corrected chi connectivity index (χ1v) is 10.7. The topological polar surface area (TPSA) is 80.5 Å². The van der Waals surface area contributed by atoms with Crippen LogP contribution in [-0.4, -0.2) is 37.1 Å². The molecule has 146 valence electrons. The van der Waals surface area contributed by atoms with E-state index in [-0.39, 0.29) is 11.5 Å². The molecule has 2 aliphatic heterocycles. The predicted octanol–water partition coefficient (Wildman–Crippen LogP) is 2.87. The van der Waals surface area contributed by atoms with E-state index in [2.05, 4.69) is 0 Å². The van der Waals surface area contributed by atoms with Gasteiger partial charge in [-0.15, -0.1) is 0 Å². The van der Waals surface area contributed by atoms with Crippen molar-refractivity contribution in [1.82, 2.24) is 4.31 Å². The third kappa shape index (κ3) is 2.22. The van der Waals surface area contributed by atoms with Crippen LogP contribution in [0, 0.1) is 0 Å². The van der Waals surface area contributed by atoms with Crippen LogP contribution in [0.3, 0.4) is 0 Å². The maximum atomic E-state index is 13.3. The molecule has 0 aliphatic carbocycles. The van der Waals surface area contributed by atoms with Crippen LogP contribution in [0.2, 0.25) is 0 Å². The average Bonchev–Trinajstić information content (AvgIpc) is 3.40. The van der Waals surface area contributed by atoms with Crippen LogP contribution in [0.5, 0.6) is 0 Å². The third-order valence-electron chi connectivity index (χ3n) is 5.60. The standard InChI is InChI=1S/C22H17NO5S/c1-2-28-21(25)22-17-12-15-10-6-7-11-16(15)13-18(17)29(26,27)23(22)20(22)19(24)14-8-4-3-5-9-14/h3-13,20H,2H2,1H3/t20-,22-,23?/m0/s1. The molecule has 2 heterocycles. The molecule has 0 radical (unpaired) electrons. The van der Waals surface area contributed by atoms with Crippen molar-refractivity contribution in [3.05, 3.63) is 77.9 Å². The van der Waals surface area contributed by atoms with Crippen LogP contribution in [0.15, 0.2) is 71.6 Å². The van der Waals surface area contributed by atoms with Gasteiger partial charge >= 0.3 is 5.97 Å². The Labute approximate surface area is 167 Å². The second-order valence-corrected chi connectivity index (χ2v) is 8.90. The van der Waals surface area contributed by atoms with Crippen molar-refractivity contribution in [2.45, 2.75) is 23.4 Å². The van der Waals surface area contributed by atoms with Gasteiger partial charge in [0.1, 0.15) is 6.04 Å². The van der Waals surface area contributed by atoms with Crippen molar-refractivity contribution in [2.24, 2.45) is 0 Å². The lowest BCUT2D eigenvalue weighted by Gasteiger charge is -2.14. The Morgan fingerprint density at radius 2 is 1.62 bits per heavy atom. The van der Waals surface area contributed by atoms with E-state index in [1.807, 2.05) is 24.3 Å². The Morgan fingerprint density at radius 1 is 1.00 bits per heavy atom. The number of nitrogens with zero attached hydrogens (tertiary/aromatic N) is 1. The Morgan fingerprint density at radius 3 is 2.28 bits per heavy atom. The lowest BCUT2D eigenvalue weighted by atomic mass is 9.89. The van der Waals surface area contributed by atoms with E-state index < -0.39 is 33.4 Å². The maximum absolute atomic E-state index is 13.3. The fourth-order valence-electron chi connectivity index (χ4n) is 4.31. The summed E-state index contributed by atoms with van der Waals surface area (Å²) in [6.45, 7) is 1.74. The predicted molar refractivity (Wildman–Crippen MR) is 106 cm³/mol. The molecule has 0 spiro atoms. The minimum atomic E-state index is -4.01. The molecule has 1 fully saturated rings. The summed E-state index contributed by atoms with van der Waals surface area (Å²) in [5, 5.41) is 1.55. The smallest absolute Gasteiger partial charge is 0.334 e. The van der Waals surface area contributed by atoms with E-state index >= 15 is 0 Å². The van der Waals surface area contributed by atoms with Gasteiger partial charge in [0.05, 0.1) is 11.5 Å². The number of sulfonamides is 1. The number of benzene rings is 3. The quantitative estimate of drug-likeness (QED) is 0.377. The number of ether oxygens (including phenoxy) is 1. The number of carbonyl (C=O) groups is 2. The summed E-state index contributed by atoms with van der Waals surface area (Å²) in [6.07, 6.45) is 0. The number of esters is 1. The van der Waals surface area contributed by atoms with Crippen molar-refractivity contribution in [3.8, 4) is 0 Å². The lowest BCUT2D eigenvalue weighted by Crippen LogP contribution is -2.30. The normalized spacial score (nSPS) is 25.8. The molecule has 0 aromatic heterocycles. The average molecular weight is 407 g/mol. The Hall–Kier alpha value is -3.03. The minimum absolute atomic E-state index is 0.0568. The van der Waals surface area contributed by atoms with Crippen molar-refractivity contribution in [3.63, 3.8) is 0 Å². The van der Waals surface area contributed by atoms with Crippen LogP contribution in [0.1, 0.15) is 22.8 Å². The molecule has 1 unspecified atom stereocenters. The van der Waals surface area contributed by atoms with Gasteiger partial charge in [-0.25, -0.2) is 13.2 Å². The Bertz CT molecular complexity index is 1290.